The van der Waals surface area contributed by atoms with Crippen LogP contribution in [0.25, 0.3) is 6.08 Å². The molecule has 1 aliphatic heterocycles. The molecule has 3 aromatic rings. The van der Waals surface area contributed by atoms with Gasteiger partial charge in [-0.25, -0.2) is 9.69 Å². The van der Waals surface area contributed by atoms with E-state index in [9.17, 15) is 22.8 Å². The Balaban J connectivity index is 1.58. The van der Waals surface area contributed by atoms with E-state index in [2.05, 4.69) is 5.32 Å². The molecule has 0 atom stereocenters. The molecule has 4 amide bonds. The van der Waals surface area contributed by atoms with Gasteiger partial charge in [-0.15, -0.1) is 0 Å². The Morgan fingerprint density at radius 2 is 1.50 bits per heavy atom. The summed E-state index contributed by atoms with van der Waals surface area (Å²) < 4.78 is 30.1. The molecule has 34 heavy (non-hydrogen) atoms. The maximum Gasteiger partial charge on any atom is 0.339 e. The van der Waals surface area contributed by atoms with Crippen molar-refractivity contribution in [2.75, 3.05) is 4.90 Å². The van der Waals surface area contributed by atoms with Crippen LogP contribution in [0.15, 0.2) is 83.3 Å². The highest BCUT2D eigenvalue weighted by atomic mass is 32.2. The fourth-order valence-electron chi connectivity index (χ4n) is 3.36. The third-order valence-electron chi connectivity index (χ3n) is 5.16. The summed E-state index contributed by atoms with van der Waals surface area (Å²) in [5, 5.41) is 2.18. The lowest BCUT2D eigenvalue weighted by molar-refractivity contribution is -0.122. The Labute approximate surface area is 196 Å². The molecule has 1 N–H and O–H groups in total. The maximum absolute atomic E-state index is 13.0. The minimum absolute atomic E-state index is 0.0229. The van der Waals surface area contributed by atoms with Gasteiger partial charge in [0.05, 0.1) is 5.69 Å². The van der Waals surface area contributed by atoms with Crippen molar-refractivity contribution in [1.29, 1.82) is 0 Å². The zero-order chi connectivity index (χ0) is 24.5. The number of nitrogens with one attached hydrogen (secondary N) is 1. The molecule has 9 heteroatoms. The van der Waals surface area contributed by atoms with Crippen LogP contribution < -0.4 is 14.4 Å². The van der Waals surface area contributed by atoms with Gasteiger partial charge in [-0.2, -0.15) is 8.42 Å². The van der Waals surface area contributed by atoms with Crippen LogP contribution in [0.2, 0.25) is 0 Å². The van der Waals surface area contributed by atoms with E-state index >= 15 is 0 Å². The number of carbonyl (C=O) groups is 3. The number of aryl methyl sites for hydroxylation is 2. The molecule has 1 heterocycles. The van der Waals surface area contributed by atoms with E-state index in [1.807, 2.05) is 6.92 Å². The number of anilines is 1. The second-order valence-corrected chi connectivity index (χ2v) is 9.21. The van der Waals surface area contributed by atoms with E-state index in [-0.39, 0.29) is 16.2 Å². The molecule has 3 aromatic carbocycles. The summed E-state index contributed by atoms with van der Waals surface area (Å²) in [4.78, 5) is 38.7. The van der Waals surface area contributed by atoms with Gasteiger partial charge in [0, 0.05) is 0 Å². The predicted octanol–water partition coefficient (Wildman–Crippen LogP) is 3.74. The first-order chi connectivity index (χ1) is 16.2. The van der Waals surface area contributed by atoms with Gasteiger partial charge in [-0.1, -0.05) is 48.0 Å². The van der Waals surface area contributed by atoms with Crippen LogP contribution in [0.5, 0.6) is 5.75 Å². The SMILES string of the molecule is Cc1ccc(S(=O)(=O)Oc2ccc(/C=C3\C(=O)NC(=O)N(c4ccccc4C)C3=O)cc2)cc1. The van der Waals surface area contributed by atoms with Crippen LogP contribution in [-0.4, -0.2) is 26.3 Å². The molecule has 0 aromatic heterocycles. The fraction of sp³-hybridized carbons (Fsp3) is 0.0800. The van der Waals surface area contributed by atoms with Gasteiger partial charge >= 0.3 is 16.1 Å². The van der Waals surface area contributed by atoms with Crippen molar-refractivity contribution in [3.05, 3.63) is 95.1 Å². The van der Waals surface area contributed by atoms with Crippen LogP contribution in [0.3, 0.4) is 0 Å². The monoisotopic (exact) mass is 476 g/mol. The summed E-state index contributed by atoms with van der Waals surface area (Å²) in [5.41, 5.74) is 2.19. The third kappa shape index (κ3) is 4.60. The molecule has 0 unspecified atom stereocenters. The van der Waals surface area contributed by atoms with Crippen LogP contribution in [0.1, 0.15) is 16.7 Å². The summed E-state index contributed by atoms with van der Waals surface area (Å²) in [7, 11) is -4.01. The van der Waals surface area contributed by atoms with Crippen LogP contribution in [0.4, 0.5) is 10.5 Å². The second kappa shape index (κ2) is 8.95. The third-order valence-corrected chi connectivity index (χ3v) is 6.43. The largest absolute Gasteiger partial charge is 0.379 e. The molecule has 0 aliphatic carbocycles. The van der Waals surface area contributed by atoms with Crippen molar-refractivity contribution in [2.45, 2.75) is 18.7 Å². The van der Waals surface area contributed by atoms with Gasteiger partial charge in [0.2, 0.25) is 0 Å². The molecule has 4 rings (SSSR count). The Bertz CT molecular complexity index is 1420. The minimum atomic E-state index is -4.01. The van der Waals surface area contributed by atoms with Crippen molar-refractivity contribution in [1.82, 2.24) is 5.32 Å². The van der Waals surface area contributed by atoms with Crippen molar-refractivity contribution in [3.8, 4) is 5.75 Å². The molecule has 1 aliphatic rings. The highest BCUT2D eigenvalue weighted by Gasteiger charge is 2.37. The number of urea groups is 1. The molecule has 172 valence electrons. The lowest BCUT2D eigenvalue weighted by Gasteiger charge is -2.27. The van der Waals surface area contributed by atoms with Gasteiger partial charge < -0.3 is 4.18 Å². The van der Waals surface area contributed by atoms with Crippen LogP contribution in [-0.2, 0) is 19.7 Å². The minimum Gasteiger partial charge on any atom is -0.379 e. The van der Waals surface area contributed by atoms with Gasteiger partial charge in [0.25, 0.3) is 11.8 Å². The number of amides is 4. The first kappa shape index (κ1) is 22.9. The smallest absolute Gasteiger partial charge is 0.339 e. The summed E-state index contributed by atoms with van der Waals surface area (Å²) in [5.74, 6) is -1.51. The van der Waals surface area contributed by atoms with Gasteiger partial charge in [-0.05, 0) is 61.4 Å². The number of benzene rings is 3. The highest BCUT2D eigenvalue weighted by Crippen LogP contribution is 2.26. The van der Waals surface area contributed by atoms with Crippen molar-refractivity contribution < 1.29 is 27.0 Å². The standard InChI is InChI=1S/C25H20N2O6S/c1-16-7-13-20(14-8-16)34(31,32)33-19-11-9-18(10-12-19)15-21-23(28)26-25(30)27(24(21)29)22-6-4-3-5-17(22)2/h3-15H,1-2H3,(H,26,28,30)/b21-15+. The molecule has 0 spiro atoms. The summed E-state index contributed by atoms with van der Waals surface area (Å²) in [6, 6.07) is 18.1. The number of barbiturate groups is 1. The molecule has 0 saturated carbocycles. The molecule has 0 radical (unpaired) electrons. The molecule has 8 nitrogen and oxygen atoms in total. The van der Waals surface area contributed by atoms with Gasteiger partial charge in [-0.3, -0.25) is 14.9 Å². The van der Waals surface area contributed by atoms with E-state index in [1.54, 1.807) is 43.3 Å². The van der Waals surface area contributed by atoms with Gasteiger partial charge in [0.15, 0.2) is 0 Å². The zero-order valence-corrected chi connectivity index (χ0v) is 19.1. The molecular formula is C25H20N2O6S. The lowest BCUT2D eigenvalue weighted by Crippen LogP contribution is -2.54. The average molecular weight is 477 g/mol. The van der Waals surface area contributed by atoms with E-state index in [0.717, 1.165) is 10.5 Å². The topological polar surface area (TPSA) is 110 Å². The molecule has 1 saturated heterocycles. The number of nitrogens with zero attached hydrogens (tertiary/aromatic N) is 1. The summed E-state index contributed by atoms with van der Waals surface area (Å²) in [6.45, 7) is 3.59. The second-order valence-electron chi connectivity index (χ2n) is 7.66. The van der Waals surface area contributed by atoms with Gasteiger partial charge in [0.1, 0.15) is 16.2 Å². The zero-order valence-electron chi connectivity index (χ0n) is 18.3. The first-order valence-corrected chi connectivity index (χ1v) is 11.6. The van der Waals surface area contributed by atoms with Crippen molar-refractivity contribution in [3.63, 3.8) is 0 Å². The van der Waals surface area contributed by atoms with Crippen molar-refractivity contribution >= 4 is 39.7 Å². The Morgan fingerprint density at radius 3 is 2.15 bits per heavy atom. The number of imide groups is 2. The number of carbonyl (C=O) groups excluding carboxylic acids is 3. The summed E-state index contributed by atoms with van der Waals surface area (Å²) in [6.07, 6.45) is 1.33. The Hall–Kier alpha value is -4.24. The normalized spacial score (nSPS) is 15.4. The van der Waals surface area contributed by atoms with E-state index < -0.39 is 28.0 Å². The average Bonchev–Trinajstić information content (AvgIpc) is 2.79. The van der Waals surface area contributed by atoms with Crippen LogP contribution >= 0.6 is 0 Å². The lowest BCUT2D eigenvalue weighted by atomic mass is 10.1. The molecule has 1 fully saturated rings. The molecular weight excluding hydrogens is 456 g/mol. The Kier molecular flexibility index (Phi) is 6.04. The number of hydrogen-bond acceptors (Lipinski definition) is 6. The number of hydrogen-bond donors (Lipinski definition) is 1. The molecule has 0 bridgehead atoms. The van der Waals surface area contributed by atoms with Crippen LogP contribution in [0, 0.1) is 13.8 Å². The summed E-state index contributed by atoms with van der Waals surface area (Å²) >= 11 is 0. The fourth-order valence-corrected chi connectivity index (χ4v) is 4.29. The van der Waals surface area contributed by atoms with Crippen molar-refractivity contribution in [2.24, 2.45) is 0 Å². The number of rotatable bonds is 5. The Morgan fingerprint density at radius 1 is 0.853 bits per heavy atom. The highest BCUT2D eigenvalue weighted by molar-refractivity contribution is 7.87. The van der Waals surface area contributed by atoms with E-state index in [1.165, 1.54) is 42.5 Å². The quantitative estimate of drug-likeness (QED) is 0.341. The van der Waals surface area contributed by atoms with E-state index in [4.69, 9.17) is 4.18 Å². The van der Waals surface area contributed by atoms with E-state index in [0.29, 0.717) is 16.8 Å². The maximum atomic E-state index is 13.0. The first-order valence-electron chi connectivity index (χ1n) is 10.2. The number of para-hydroxylation sites is 1. The predicted molar refractivity (Wildman–Crippen MR) is 126 cm³/mol.